The van der Waals surface area contributed by atoms with Gasteiger partial charge in [-0.05, 0) is 17.7 Å². The number of carbonyl (C=O) groups is 1. The third-order valence-electron chi connectivity index (χ3n) is 2.48. The third kappa shape index (κ3) is 4.60. The largest absolute Gasteiger partial charge is 0.361 e. The van der Waals surface area contributed by atoms with E-state index in [-0.39, 0.29) is 12.5 Å². The van der Waals surface area contributed by atoms with Crippen molar-refractivity contribution >= 4 is 23.3 Å². The molecule has 2 N–H and O–H groups in total. The first-order chi connectivity index (χ1) is 9.24. The Balaban J connectivity index is 1.76. The molecule has 19 heavy (non-hydrogen) atoms. The Bertz CT molecular complexity index is 545. The molecule has 2 aromatic rings. The van der Waals surface area contributed by atoms with Crippen molar-refractivity contribution < 1.29 is 4.79 Å². The van der Waals surface area contributed by atoms with E-state index >= 15 is 0 Å². The lowest BCUT2D eigenvalue weighted by Crippen LogP contribution is -2.29. The Kier molecular flexibility index (Phi) is 4.75. The van der Waals surface area contributed by atoms with Crippen LogP contribution in [0, 0.1) is 0 Å². The van der Waals surface area contributed by atoms with Gasteiger partial charge in [-0.3, -0.25) is 4.79 Å². The molecular formula is C14H14ClN3O. The van der Waals surface area contributed by atoms with Gasteiger partial charge in [0.05, 0.1) is 6.54 Å². The minimum atomic E-state index is -0.0920. The van der Waals surface area contributed by atoms with Crippen LogP contribution in [-0.4, -0.2) is 17.4 Å². The lowest BCUT2D eigenvalue weighted by molar-refractivity contribution is -0.119. The van der Waals surface area contributed by atoms with E-state index in [4.69, 9.17) is 11.6 Å². The minimum absolute atomic E-state index is 0.0920. The second kappa shape index (κ2) is 6.75. The van der Waals surface area contributed by atoms with E-state index in [0.29, 0.717) is 17.5 Å². The Morgan fingerprint density at radius 2 is 1.89 bits per heavy atom. The number of rotatable bonds is 5. The molecule has 0 aliphatic heterocycles. The zero-order chi connectivity index (χ0) is 13.5. The number of nitrogens with one attached hydrogen (secondary N) is 2. The Labute approximate surface area is 116 Å². The SMILES string of the molecule is O=C(CNc1cccc(Cl)n1)NCc1ccccc1. The molecular weight excluding hydrogens is 262 g/mol. The Morgan fingerprint density at radius 1 is 1.11 bits per heavy atom. The predicted octanol–water partition coefficient (Wildman–Crippen LogP) is 2.46. The highest BCUT2D eigenvalue weighted by Crippen LogP contribution is 2.08. The van der Waals surface area contributed by atoms with Crippen LogP contribution in [0.15, 0.2) is 48.5 Å². The van der Waals surface area contributed by atoms with Gasteiger partial charge in [-0.15, -0.1) is 0 Å². The highest BCUT2D eigenvalue weighted by molar-refractivity contribution is 6.29. The van der Waals surface area contributed by atoms with Crippen LogP contribution in [0.25, 0.3) is 0 Å². The molecule has 2 rings (SSSR count). The van der Waals surface area contributed by atoms with Crippen molar-refractivity contribution in [2.45, 2.75) is 6.54 Å². The fourth-order valence-corrected chi connectivity index (χ4v) is 1.70. The fraction of sp³-hybridized carbons (Fsp3) is 0.143. The summed E-state index contributed by atoms with van der Waals surface area (Å²) in [6.45, 7) is 0.685. The number of carbonyl (C=O) groups excluding carboxylic acids is 1. The van der Waals surface area contributed by atoms with Crippen LogP contribution in [0.5, 0.6) is 0 Å². The van der Waals surface area contributed by atoms with Crippen molar-refractivity contribution in [1.29, 1.82) is 0 Å². The smallest absolute Gasteiger partial charge is 0.239 e. The van der Waals surface area contributed by atoms with E-state index in [1.54, 1.807) is 18.2 Å². The monoisotopic (exact) mass is 275 g/mol. The van der Waals surface area contributed by atoms with Gasteiger partial charge >= 0.3 is 0 Å². The zero-order valence-electron chi connectivity index (χ0n) is 10.3. The van der Waals surface area contributed by atoms with E-state index in [1.807, 2.05) is 30.3 Å². The van der Waals surface area contributed by atoms with E-state index in [2.05, 4.69) is 15.6 Å². The van der Waals surface area contributed by atoms with Gasteiger partial charge in [0.25, 0.3) is 0 Å². The van der Waals surface area contributed by atoms with Crippen molar-refractivity contribution in [3.05, 3.63) is 59.2 Å². The van der Waals surface area contributed by atoms with Crippen molar-refractivity contribution in [3.63, 3.8) is 0 Å². The summed E-state index contributed by atoms with van der Waals surface area (Å²) in [4.78, 5) is 15.7. The average molecular weight is 276 g/mol. The Morgan fingerprint density at radius 3 is 2.63 bits per heavy atom. The molecule has 0 saturated carbocycles. The average Bonchev–Trinajstić information content (AvgIpc) is 2.44. The minimum Gasteiger partial charge on any atom is -0.361 e. The van der Waals surface area contributed by atoms with Crippen LogP contribution in [0.2, 0.25) is 5.15 Å². The van der Waals surface area contributed by atoms with Crippen molar-refractivity contribution in [2.24, 2.45) is 0 Å². The molecule has 0 radical (unpaired) electrons. The van der Waals surface area contributed by atoms with E-state index < -0.39 is 0 Å². The zero-order valence-corrected chi connectivity index (χ0v) is 11.0. The summed E-state index contributed by atoms with van der Waals surface area (Å²) in [5, 5.41) is 6.13. The molecule has 0 bridgehead atoms. The molecule has 0 atom stereocenters. The first kappa shape index (κ1) is 13.4. The van der Waals surface area contributed by atoms with Crippen molar-refractivity contribution in [3.8, 4) is 0 Å². The molecule has 1 aromatic heterocycles. The topological polar surface area (TPSA) is 54.0 Å². The summed E-state index contributed by atoms with van der Waals surface area (Å²) in [6, 6.07) is 15.0. The quantitative estimate of drug-likeness (QED) is 0.824. The molecule has 1 amide bonds. The second-order valence-corrected chi connectivity index (χ2v) is 4.35. The number of amides is 1. The summed E-state index contributed by atoms with van der Waals surface area (Å²) < 4.78 is 0. The van der Waals surface area contributed by atoms with E-state index in [9.17, 15) is 4.79 Å². The van der Waals surface area contributed by atoms with Crippen molar-refractivity contribution in [1.82, 2.24) is 10.3 Å². The summed E-state index contributed by atoms with van der Waals surface area (Å²) in [5.41, 5.74) is 1.07. The molecule has 0 unspecified atom stereocenters. The summed E-state index contributed by atoms with van der Waals surface area (Å²) in [5.74, 6) is 0.494. The van der Waals surface area contributed by atoms with Gasteiger partial charge in [-0.25, -0.2) is 4.98 Å². The van der Waals surface area contributed by atoms with Gasteiger partial charge in [0.2, 0.25) is 5.91 Å². The first-order valence-electron chi connectivity index (χ1n) is 5.91. The van der Waals surface area contributed by atoms with Gasteiger partial charge in [0, 0.05) is 6.54 Å². The predicted molar refractivity (Wildman–Crippen MR) is 76.0 cm³/mol. The van der Waals surface area contributed by atoms with Crippen LogP contribution < -0.4 is 10.6 Å². The highest BCUT2D eigenvalue weighted by atomic mass is 35.5. The van der Waals surface area contributed by atoms with Gasteiger partial charge in [-0.1, -0.05) is 48.0 Å². The number of hydrogen-bond donors (Lipinski definition) is 2. The molecule has 4 nitrogen and oxygen atoms in total. The third-order valence-corrected chi connectivity index (χ3v) is 2.69. The summed E-state index contributed by atoms with van der Waals surface area (Å²) in [7, 11) is 0. The first-order valence-corrected chi connectivity index (χ1v) is 6.29. The van der Waals surface area contributed by atoms with Gasteiger partial charge < -0.3 is 10.6 Å². The molecule has 98 valence electrons. The maximum atomic E-state index is 11.6. The van der Waals surface area contributed by atoms with Crippen LogP contribution >= 0.6 is 11.6 Å². The number of nitrogens with zero attached hydrogens (tertiary/aromatic N) is 1. The van der Waals surface area contributed by atoms with E-state index in [1.165, 1.54) is 0 Å². The molecule has 0 aliphatic carbocycles. The second-order valence-electron chi connectivity index (χ2n) is 3.96. The highest BCUT2D eigenvalue weighted by Gasteiger charge is 2.02. The lowest BCUT2D eigenvalue weighted by atomic mass is 10.2. The number of anilines is 1. The normalized spacial score (nSPS) is 9.95. The molecule has 5 heteroatoms. The van der Waals surface area contributed by atoms with Crippen LogP contribution in [-0.2, 0) is 11.3 Å². The number of halogens is 1. The lowest BCUT2D eigenvalue weighted by Gasteiger charge is -2.07. The summed E-state index contributed by atoms with van der Waals surface area (Å²) >= 11 is 5.75. The van der Waals surface area contributed by atoms with Gasteiger partial charge in [0.15, 0.2) is 0 Å². The molecule has 1 heterocycles. The number of aromatic nitrogens is 1. The van der Waals surface area contributed by atoms with Crippen LogP contribution in [0.3, 0.4) is 0 Å². The van der Waals surface area contributed by atoms with Crippen LogP contribution in [0.4, 0.5) is 5.82 Å². The Hall–Kier alpha value is -2.07. The molecule has 1 aromatic carbocycles. The fourth-order valence-electron chi connectivity index (χ4n) is 1.54. The maximum Gasteiger partial charge on any atom is 0.239 e. The van der Waals surface area contributed by atoms with Gasteiger partial charge in [0.1, 0.15) is 11.0 Å². The molecule has 0 spiro atoms. The summed E-state index contributed by atoms with van der Waals surface area (Å²) in [6.07, 6.45) is 0. The van der Waals surface area contributed by atoms with E-state index in [0.717, 1.165) is 5.56 Å². The molecule has 0 aliphatic rings. The standard InChI is InChI=1S/C14H14ClN3O/c15-12-7-4-8-13(18-12)16-10-14(19)17-9-11-5-2-1-3-6-11/h1-8H,9-10H2,(H,16,18)(H,17,19). The van der Waals surface area contributed by atoms with Gasteiger partial charge in [-0.2, -0.15) is 0 Å². The van der Waals surface area contributed by atoms with Crippen LogP contribution in [0.1, 0.15) is 5.56 Å². The molecule has 0 fully saturated rings. The molecule has 0 saturated heterocycles. The number of benzene rings is 1. The number of hydrogen-bond acceptors (Lipinski definition) is 3. The maximum absolute atomic E-state index is 11.6. The van der Waals surface area contributed by atoms with Crippen molar-refractivity contribution in [2.75, 3.05) is 11.9 Å². The number of pyridine rings is 1.